The number of nitrogens with one attached hydrogen (secondary N) is 1. The maximum absolute atomic E-state index is 11.3. The van der Waals surface area contributed by atoms with Crippen LogP contribution in [0, 0.1) is 11.8 Å². The molecule has 3 N–H and O–H groups in total. The Bertz CT molecular complexity index is 495. The highest BCUT2D eigenvalue weighted by atomic mass is 16.6. The summed E-state index contributed by atoms with van der Waals surface area (Å²) in [6, 6.07) is 3.49. The van der Waals surface area contributed by atoms with Crippen LogP contribution in [-0.4, -0.2) is 23.2 Å². The van der Waals surface area contributed by atoms with Crippen LogP contribution in [0.2, 0.25) is 0 Å². The van der Waals surface area contributed by atoms with Crippen molar-refractivity contribution in [3.05, 3.63) is 23.9 Å². The lowest BCUT2D eigenvalue weighted by molar-refractivity contribution is 0.0529. The second kappa shape index (κ2) is 6.64. The van der Waals surface area contributed by atoms with E-state index in [1.807, 2.05) is 20.8 Å². The molecular weight excluding hydrogens is 242 g/mol. The molecule has 0 bridgehead atoms. The molecular formula is C14H19N3O2. The van der Waals surface area contributed by atoms with Gasteiger partial charge in [0.05, 0.1) is 0 Å². The highest BCUT2D eigenvalue weighted by Crippen LogP contribution is 2.06. The summed E-state index contributed by atoms with van der Waals surface area (Å²) < 4.78 is 5.10. The van der Waals surface area contributed by atoms with Gasteiger partial charge in [0.15, 0.2) is 0 Å². The van der Waals surface area contributed by atoms with E-state index in [1.165, 1.54) is 0 Å². The van der Waals surface area contributed by atoms with Crippen molar-refractivity contribution in [2.45, 2.75) is 32.8 Å². The number of nitrogens with zero attached hydrogens (tertiary/aromatic N) is 1. The van der Waals surface area contributed by atoms with E-state index in [0.717, 1.165) is 5.56 Å². The Kier molecular flexibility index (Phi) is 5.19. The summed E-state index contributed by atoms with van der Waals surface area (Å²) in [6.07, 6.45) is 1.72. The van der Waals surface area contributed by atoms with Gasteiger partial charge in [-0.05, 0) is 32.9 Å². The average Bonchev–Trinajstić information content (AvgIpc) is 2.26. The Labute approximate surface area is 113 Å². The number of pyridine rings is 1. The summed E-state index contributed by atoms with van der Waals surface area (Å²) in [6.45, 7) is 5.91. The molecule has 0 saturated heterocycles. The highest BCUT2D eigenvalue weighted by Gasteiger charge is 2.15. The van der Waals surface area contributed by atoms with Crippen LogP contribution in [0.15, 0.2) is 18.3 Å². The summed E-state index contributed by atoms with van der Waals surface area (Å²) in [4.78, 5) is 15.2. The summed E-state index contributed by atoms with van der Waals surface area (Å²) in [5.41, 5.74) is 5.86. The molecule has 1 heterocycles. The van der Waals surface area contributed by atoms with Crippen molar-refractivity contribution >= 4 is 11.9 Å². The molecule has 1 amide bonds. The lowest BCUT2D eigenvalue weighted by atomic mass is 10.2. The predicted molar refractivity (Wildman–Crippen MR) is 74.4 cm³/mol. The normalized spacial score (nSPS) is 10.3. The second-order valence-electron chi connectivity index (χ2n) is 4.95. The van der Waals surface area contributed by atoms with E-state index in [2.05, 4.69) is 22.1 Å². The van der Waals surface area contributed by atoms with Gasteiger partial charge in [-0.3, -0.25) is 0 Å². The van der Waals surface area contributed by atoms with Gasteiger partial charge in [-0.1, -0.05) is 11.8 Å². The fourth-order valence-corrected chi connectivity index (χ4v) is 1.23. The van der Waals surface area contributed by atoms with Gasteiger partial charge in [-0.15, -0.1) is 0 Å². The Morgan fingerprint density at radius 2 is 2.26 bits per heavy atom. The van der Waals surface area contributed by atoms with Crippen LogP contribution < -0.4 is 11.1 Å². The number of nitrogen functional groups attached to an aromatic ring is 1. The zero-order valence-corrected chi connectivity index (χ0v) is 11.5. The van der Waals surface area contributed by atoms with Crippen molar-refractivity contribution in [2.24, 2.45) is 0 Å². The summed E-state index contributed by atoms with van der Waals surface area (Å²) in [5, 5.41) is 2.64. The molecule has 0 aromatic carbocycles. The zero-order chi connectivity index (χ0) is 14.3. The van der Waals surface area contributed by atoms with Crippen molar-refractivity contribution in [3.63, 3.8) is 0 Å². The Morgan fingerprint density at radius 1 is 1.53 bits per heavy atom. The number of hydrogen-bond donors (Lipinski definition) is 2. The minimum absolute atomic E-state index is 0.428. The zero-order valence-electron chi connectivity index (χ0n) is 11.5. The Morgan fingerprint density at radius 3 is 2.89 bits per heavy atom. The molecule has 1 aromatic rings. The molecule has 0 spiro atoms. The summed E-state index contributed by atoms with van der Waals surface area (Å²) in [7, 11) is 0. The minimum Gasteiger partial charge on any atom is -0.444 e. The number of anilines is 1. The standard InChI is InChI=1S/C14H19N3O2/c1-14(2,3)19-13(18)17-8-5-4-6-11-7-9-16-12(15)10-11/h7,9-10H,5,8H2,1-3H3,(H2,15,16)(H,17,18). The maximum atomic E-state index is 11.3. The molecule has 0 aliphatic heterocycles. The first-order valence-corrected chi connectivity index (χ1v) is 6.04. The van der Waals surface area contributed by atoms with Gasteiger partial charge in [-0.2, -0.15) is 0 Å². The molecule has 0 aliphatic carbocycles. The van der Waals surface area contributed by atoms with Crippen molar-refractivity contribution in [1.82, 2.24) is 10.3 Å². The first-order chi connectivity index (χ1) is 8.87. The van der Waals surface area contributed by atoms with Gasteiger partial charge in [0.2, 0.25) is 0 Å². The average molecular weight is 261 g/mol. The largest absolute Gasteiger partial charge is 0.444 e. The predicted octanol–water partition coefficient (Wildman–Crippen LogP) is 1.93. The lowest BCUT2D eigenvalue weighted by Crippen LogP contribution is -2.32. The first-order valence-electron chi connectivity index (χ1n) is 6.04. The fourth-order valence-electron chi connectivity index (χ4n) is 1.23. The van der Waals surface area contributed by atoms with Gasteiger partial charge >= 0.3 is 6.09 Å². The quantitative estimate of drug-likeness (QED) is 0.630. The number of aromatic nitrogens is 1. The highest BCUT2D eigenvalue weighted by molar-refractivity contribution is 5.67. The number of carbonyl (C=O) groups is 1. The molecule has 1 rings (SSSR count). The summed E-state index contributed by atoms with van der Waals surface area (Å²) >= 11 is 0. The third-order valence-corrected chi connectivity index (χ3v) is 1.93. The van der Waals surface area contributed by atoms with E-state index >= 15 is 0 Å². The number of nitrogens with two attached hydrogens (primary N) is 1. The molecule has 0 saturated carbocycles. The van der Waals surface area contributed by atoms with Gasteiger partial charge in [0, 0.05) is 24.7 Å². The summed E-state index contributed by atoms with van der Waals surface area (Å²) in [5.74, 6) is 6.33. The van der Waals surface area contributed by atoms with E-state index in [-0.39, 0.29) is 0 Å². The molecule has 102 valence electrons. The molecule has 0 aliphatic rings. The van der Waals surface area contributed by atoms with E-state index in [1.54, 1.807) is 18.3 Å². The van der Waals surface area contributed by atoms with E-state index in [9.17, 15) is 4.79 Å². The van der Waals surface area contributed by atoms with Gasteiger partial charge in [-0.25, -0.2) is 9.78 Å². The van der Waals surface area contributed by atoms with Gasteiger partial charge in [0.25, 0.3) is 0 Å². The van der Waals surface area contributed by atoms with Crippen molar-refractivity contribution in [3.8, 4) is 11.8 Å². The third kappa shape index (κ3) is 6.94. The van der Waals surface area contributed by atoms with Crippen LogP contribution in [0.5, 0.6) is 0 Å². The number of amides is 1. The van der Waals surface area contributed by atoms with Gasteiger partial charge in [0.1, 0.15) is 11.4 Å². The SMILES string of the molecule is CC(C)(C)OC(=O)NCCC#Cc1ccnc(N)c1. The monoisotopic (exact) mass is 261 g/mol. The Balaban J connectivity index is 2.30. The van der Waals surface area contributed by atoms with Crippen molar-refractivity contribution in [1.29, 1.82) is 0 Å². The van der Waals surface area contributed by atoms with Crippen LogP contribution in [0.3, 0.4) is 0 Å². The Hall–Kier alpha value is -2.22. The van der Waals surface area contributed by atoms with E-state index in [0.29, 0.717) is 18.8 Å². The molecule has 19 heavy (non-hydrogen) atoms. The fraction of sp³-hybridized carbons (Fsp3) is 0.429. The molecule has 0 fully saturated rings. The first kappa shape index (κ1) is 14.8. The molecule has 1 aromatic heterocycles. The molecule has 0 unspecified atom stereocenters. The maximum Gasteiger partial charge on any atom is 0.407 e. The van der Waals surface area contributed by atoms with Crippen molar-refractivity contribution < 1.29 is 9.53 Å². The molecule has 0 radical (unpaired) electrons. The molecule has 5 heteroatoms. The number of rotatable bonds is 2. The molecule has 5 nitrogen and oxygen atoms in total. The van der Waals surface area contributed by atoms with Crippen molar-refractivity contribution in [2.75, 3.05) is 12.3 Å². The minimum atomic E-state index is -0.482. The van der Waals surface area contributed by atoms with Crippen LogP contribution >= 0.6 is 0 Å². The van der Waals surface area contributed by atoms with Crippen LogP contribution in [0.25, 0.3) is 0 Å². The van der Waals surface area contributed by atoms with Crippen LogP contribution in [0.1, 0.15) is 32.8 Å². The lowest BCUT2D eigenvalue weighted by Gasteiger charge is -2.19. The van der Waals surface area contributed by atoms with E-state index < -0.39 is 11.7 Å². The topological polar surface area (TPSA) is 77.2 Å². The molecule has 0 atom stereocenters. The number of carbonyl (C=O) groups excluding carboxylic acids is 1. The van der Waals surface area contributed by atoms with Crippen LogP contribution in [0.4, 0.5) is 10.6 Å². The number of alkyl carbamates (subject to hydrolysis) is 1. The smallest absolute Gasteiger partial charge is 0.407 e. The van der Waals surface area contributed by atoms with Crippen LogP contribution in [-0.2, 0) is 4.74 Å². The third-order valence-electron chi connectivity index (χ3n) is 1.93. The second-order valence-corrected chi connectivity index (χ2v) is 4.95. The number of hydrogen-bond acceptors (Lipinski definition) is 4. The van der Waals surface area contributed by atoms with Gasteiger partial charge < -0.3 is 15.8 Å². The number of ether oxygens (including phenoxy) is 1. The van der Waals surface area contributed by atoms with E-state index in [4.69, 9.17) is 10.5 Å².